The van der Waals surface area contributed by atoms with Gasteiger partial charge in [-0.05, 0) is 13.0 Å². The number of rotatable bonds is 2. The third-order valence-electron chi connectivity index (χ3n) is 2.68. The van der Waals surface area contributed by atoms with Gasteiger partial charge in [-0.1, -0.05) is 0 Å². The minimum Gasteiger partial charge on any atom is -0.336 e. The lowest BCUT2D eigenvalue weighted by Gasteiger charge is -2.33. The van der Waals surface area contributed by atoms with Gasteiger partial charge >= 0.3 is 0 Å². The molecule has 0 saturated carbocycles. The number of halogens is 2. The van der Waals surface area contributed by atoms with Crippen LogP contribution in [0.5, 0.6) is 0 Å². The average Bonchev–Trinajstić information content (AvgIpc) is 2.71. The fraction of sp³-hybridized carbons (Fsp3) is 0.600. The minimum absolute atomic E-state index is 0. The van der Waals surface area contributed by atoms with E-state index in [1.165, 1.54) is 0 Å². The Morgan fingerprint density at radius 3 is 2.88 bits per heavy atom. The molecule has 1 saturated heterocycles. The van der Waals surface area contributed by atoms with E-state index in [0.29, 0.717) is 6.54 Å². The van der Waals surface area contributed by atoms with Crippen LogP contribution in [0.15, 0.2) is 18.5 Å². The van der Waals surface area contributed by atoms with E-state index in [-0.39, 0.29) is 36.8 Å². The first-order valence-corrected chi connectivity index (χ1v) is 5.25. The molecule has 7 heteroatoms. The predicted octanol–water partition coefficient (Wildman–Crippen LogP) is 0.547. The number of nitrogens with zero attached hydrogens (tertiary/aromatic N) is 3. The first-order chi connectivity index (χ1) is 7.27. The van der Waals surface area contributed by atoms with E-state index in [1.54, 1.807) is 10.9 Å². The molecule has 1 N–H and O–H groups in total. The summed E-state index contributed by atoms with van der Waals surface area (Å²) < 4.78 is 1.66. The van der Waals surface area contributed by atoms with Crippen LogP contribution in [-0.4, -0.2) is 46.3 Å². The van der Waals surface area contributed by atoms with Gasteiger partial charge < -0.3 is 10.2 Å². The predicted molar refractivity (Wildman–Crippen MR) is 70.8 cm³/mol. The summed E-state index contributed by atoms with van der Waals surface area (Å²) in [6.45, 7) is 4.96. The zero-order chi connectivity index (χ0) is 10.7. The van der Waals surface area contributed by atoms with Gasteiger partial charge in [0.1, 0.15) is 6.54 Å². The topological polar surface area (TPSA) is 50.2 Å². The molecule has 2 heterocycles. The van der Waals surface area contributed by atoms with Crippen LogP contribution in [0.3, 0.4) is 0 Å². The van der Waals surface area contributed by atoms with Crippen molar-refractivity contribution in [1.82, 2.24) is 20.0 Å². The molecule has 1 amide bonds. The molecule has 1 fully saturated rings. The minimum atomic E-state index is 0. The SMILES string of the molecule is CC1CNCCN1C(=O)Cn1cccn1.Cl.Cl. The van der Waals surface area contributed by atoms with Crippen molar-refractivity contribution in [1.29, 1.82) is 0 Å². The maximum atomic E-state index is 11.9. The molecule has 1 atom stereocenters. The molecule has 0 bridgehead atoms. The van der Waals surface area contributed by atoms with Crippen LogP contribution in [0, 0.1) is 0 Å². The maximum Gasteiger partial charge on any atom is 0.244 e. The van der Waals surface area contributed by atoms with Crippen LogP contribution in [0.2, 0.25) is 0 Å². The van der Waals surface area contributed by atoms with Gasteiger partial charge in [0.25, 0.3) is 0 Å². The second kappa shape index (κ2) is 7.53. The third-order valence-corrected chi connectivity index (χ3v) is 2.68. The van der Waals surface area contributed by atoms with E-state index < -0.39 is 0 Å². The number of hydrogen-bond donors (Lipinski definition) is 1. The molecule has 1 aliphatic rings. The van der Waals surface area contributed by atoms with Crippen LogP contribution < -0.4 is 5.32 Å². The molecule has 2 rings (SSSR count). The smallest absolute Gasteiger partial charge is 0.244 e. The Kier molecular flexibility index (Phi) is 7.18. The van der Waals surface area contributed by atoms with Crippen molar-refractivity contribution in [2.24, 2.45) is 0 Å². The Hall–Kier alpha value is -0.780. The monoisotopic (exact) mass is 280 g/mol. The Morgan fingerprint density at radius 1 is 1.53 bits per heavy atom. The normalized spacial score (nSPS) is 19.1. The third kappa shape index (κ3) is 4.18. The lowest BCUT2D eigenvalue weighted by atomic mass is 10.2. The number of carbonyl (C=O) groups is 1. The zero-order valence-electron chi connectivity index (χ0n) is 9.70. The largest absolute Gasteiger partial charge is 0.336 e. The van der Waals surface area contributed by atoms with Gasteiger partial charge in [0.15, 0.2) is 0 Å². The van der Waals surface area contributed by atoms with Crippen molar-refractivity contribution in [2.75, 3.05) is 19.6 Å². The van der Waals surface area contributed by atoms with Gasteiger partial charge in [-0.25, -0.2) is 0 Å². The fourth-order valence-corrected chi connectivity index (χ4v) is 1.83. The number of hydrogen-bond acceptors (Lipinski definition) is 3. The van der Waals surface area contributed by atoms with Crippen molar-refractivity contribution < 1.29 is 4.79 Å². The summed E-state index contributed by atoms with van der Waals surface area (Å²) in [5, 5.41) is 7.29. The highest BCUT2D eigenvalue weighted by atomic mass is 35.5. The van der Waals surface area contributed by atoms with Crippen LogP contribution in [0.1, 0.15) is 6.92 Å². The first-order valence-electron chi connectivity index (χ1n) is 5.25. The number of aromatic nitrogens is 2. The van der Waals surface area contributed by atoms with Gasteiger partial charge in [0.2, 0.25) is 5.91 Å². The Labute approximate surface area is 113 Å². The molecule has 1 aromatic rings. The molecule has 1 aliphatic heterocycles. The second-order valence-electron chi connectivity index (χ2n) is 3.84. The van der Waals surface area contributed by atoms with Gasteiger partial charge in [-0.2, -0.15) is 5.10 Å². The lowest BCUT2D eigenvalue weighted by molar-refractivity contribution is -0.134. The van der Waals surface area contributed by atoms with Crippen LogP contribution in [0.4, 0.5) is 0 Å². The van der Waals surface area contributed by atoms with E-state index >= 15 is 0 Å². The number of nitrogens with one attached hydrogen (secondary N) is 1. The molecule has 0 aromatic carbocycles. The molecule has 0 aliphatic carbocycles. The quantitative estimate of drug-likeness (QED) is 0.861. The molecule has 5 nitrogen and oxygen atoms in total. The van der Waals surface area contributed by atoms with E-state index in [1.807, 2.05) is 17.2 Å². The summed E-state index contributed by atoms with van der Waals surface area (Å²) in [6, 6.07) is 2.11. The van der Waals surface area contributed by atoms with Gasteiger partial charge in [-0.15, -0.1) is 24.8 Å². The van der Waals surface area contributed by atoms with Crippen molar-refractivity contribution in [2.45, 2.75) is 19.5 Å². The number of amides is 1. The molecule has 1 aromatic heterocycles. The fourth-order valence-electron chi connectivity index (χ4n) is 1.83. The number of piperazine rings is 1. The molecule has 0 radical (unpaired) electrons. The van der Waals surface area contributed by atoms with Crippen molar-refractivity contribution in [3.05, 3.63) is 18.5 Å². The second-order valence-corrected chi connectivity index (χ2v) is 3.84. The molecule has 1 unspecified atom stereocenters. The standard InChI is InChI=1S/C10H16N4O.2ClH/c1-9-7-11-4-6-14(9)10(15)8-13-5-2-3-12-13;;/h2-3,5,9,11H,4,6-8H2,1H3;2*1H. The first kappa shape index (κ1) is 16.2. The van der Waals surface area contributed by atoms with Gasteiger partial charge in [0.05, 0.1) is 0 Å². The van der Waals surface area contributed by atoms with E-state index in [0.717, 1.165) is 19.6 Å². The Morgan fingerprint density at radius 2 is 2.29 bits per heavy atom. The van der Waals surface area contributed by atoms with E-state index in [2.05, 4.69) is 17.3 Å². The number of carbonyl (C=O) groups excluding carboxylic acids is 1. The summed E-state index contributed by atoms with van der Waals surface area (Å²) in [7, 11) is 0. The summed E-state index contributed by atoms with van der Waals surface area (Å²) in [5.74, 6) is 0.146. The van der Waals surface area contributed by atoms with Crippen molar-refractivity contribution in [3.63, 3.8) is 0 Å². The zero-order valence-corrected chi connectivity index (χ0v) is 11.3. The lowest BCUT2D eigenvalue weighted by Crippen LogP contribution is -2.53. The molecule has 0 spiro atoms. The van der Waals surface area contributed by atoms with Crippen LogP contribution in [-0.2, 0) is 11.3 Å². The van der Waals surface area contributed by atoms with Crippen LogP contribution in [0.25, 0.3) is 0 Å². The Balaban J connectivity index is 0.00000128. The molecule has 17 heavy (non-hydrogen) atoms. The highest BCUT2D eigenvalue weighted by Crippen LogP contribution is 2.03. The van der Waals surface area contributed by atoms with Crippen molar-refractivity contribution >= 4 is 30.7 Å². The summed E-state index contributed by atoms with van der Waals surface area (Å²) in [5.41, 5.74) is 0. The average molecular weight is 281 g/mol. The summed E-state index contributed by atoms with van der Waals surface area (Å²) >= 11 is 0. The maximum absolute atomic E-state index is 11.9. The van der Waals surface area contributed by atoms with Crippen LogP contribution >= 0.6 is 24.8 Å². The van der Waals surface area contributed by atoms with Gasteiger partial charge in [-0.3, -0.25) is 9.48 Å². The molecular weight excluding hydrogens is 263 g/mol. The molecular formula is C10H18Cl2N4O. The summed E-state index contributed by atoms with van der Waals surface area (Å²) in [4.78, 5) is 13.8. The molecule has 98 valence electrons. The van der Waals surface area contributed by atoms with E-state index in [9.17, 15) is 4.79 Å². The highest BCUT2D eigenvalue weighted by Gasteiger charge is 2.22. The summed E-state index contributed by atoms with van der Waals surface area (Å²) in [6.07, 6.45) is 3.50. The Bertz CT molecular complexity index is 331. The highest BCUT2D eigenvalue weighted by molar-refractivity contribution is 5.85. The van der Waals surface area contributed by atoms with Crippen molar-refractivity contribution in [3.8, 4) is 0 Å². The van der Waals surface area contributed by atoms with E-state index in [4.69, 9.17) is 0 Å². The van der Waals surface area contributed by atoms with Gasteiger partial charge in [0, 0.05) is 38.1 Å².